The molecule has 2 rings (SSSR count). The van der Waals surface area contributed by atoms with Gasteiger partial charge < -0.3 is 4.74 Å². The Morgan fingerprint density at radius 3 is 2.14 bits per heavy atom. The number of rotatable bonds is 9. The van der Waals surface area contributed by atoms with E-state index in [1.807, 2.05) is 0 Å². The van der Waals surface area contributed by atoms with Crippen LogP contribution in [0.5, 0.6) is 0 Å². The van der Waals surface area contributed by atoms with Gasteiger partial charge in [-0.2, -0.15) is 0 Å². The van der Waals surface area contributed by atoms with Crippen LogP contribution < -0.4 is 0 Å². The molecule has 3 nitrogen and oxygen atoms in total. The lowest BCUT2D eigenvalue weighted by Crippen LogP contribution is -2.35. The highest BCUT2D eigenvalue weighted by Crippen LogP contribution is 2.33. The minimum absolute atomic E-state index is 0.190. The first-order chi connectivity index (χ1) is 13.7. The molecule has 2 fully saturated rings. The molecule has 2 aliphatic carbocycles. The summed E-state index contributed by atoms with van der Waals surface area (Å²) < 4.78 is 60.9. The van der Waals surface area contributed by atoms with Crippen LogP contribution in [0.2, 0.25) is 0 Å². The molecule has 0 heterocycles. The van der Waals surface area contributed by atoms with Crippen LogP contribution >= 0.6 is 0 Å². The third-order valence-electron chi connectivity index (χ3n) is 6.60. The van der Waals surface area contributed by atoms with Gasteiger partial charge in [-0.1, -0.05) is 52.4 Å². The zero-order valence-electron chi connectivity index (χ0n) is 17.7. The van der Waals surface area contributed by atoms with Gasteiger partial charge in [0.1, 0.15) is 12.3 Å². The average molecular weight is 425 g/mol. The van der Waals surface area contributed by atoms with Crippen molar-refractivity contribution in [3.8, 4) is 0 Å². The van der Waals surface area contributed by atoms with Gasteiger partial charge >= 0.3 is 12.3 Å². The van der Waals surface area contributed by atoms with E-state index in [0.717, 1.165) is 18.8 Å². The Morgan fingerprint density at radius 1 is 1.00 bits per heavy atom. The van der Waals surface area contributed by atoms with Crippen molar-refractivity contribution in [3.63, 3.8) is 0 Å². The monoisotopic (exact) mass is 424 g/mol. The Balaban J connectivity index is 1.75. The molecule has 0 radical (unpaired) electrons. The molecule has 2 saturated carbocycles. The average Bonchev–Trinajstić information content (AvgIpc) is 2.66. The molecule has 0 spiro atoms. The molecule has 2 aliphatic rings. The zero-order valence-corrected chi connectivity index (χ0v) is 17.7. The van der Waals surface area contributed by atoms with Crippen LogP contribution in [0, 0.1) is 17.8 Å². The fraction of sp³-hybridized carbons (Fsp3) is 0.955. The van der Waals surface area contributed by atoms with Crippen LogP contribution in [-0.4, -0.2) is 30.7 Å². The van der Waals surface area contributed by atoms with Crippen LogP contribution in [0.15, 0.2) is 0 Å². The van der Waals surface area contributed by atoms with Crippen molar-refractivity contribution in [1.29, 1.82) is 0 Å². The molecule has 2 unspecified atom stereocenters. The minimum Gasteiger partial charge on any atom is -0.462 e. The summed E-state index contributed by atoms with van der Waals surface area (Å²) in [4.78, 5) is 12.6. The summed E-state index contributed by atoms with van der Waals surface area (Å²) in [5.74, 6) is 0.163. The van der Waals surface area contributed by atoms with Crippen molar-refractivity contribution in [2.45, 2.75) is 116 Å². The normalized spacial score (nSPS) is 30.6. The maximum Gasteiger partial charge on any atom is 0.522 e. The van der Waals surface area contributed by atoms with Crippen molar-refractivity contribution in [2.75, 3.05) is 0 Å². The molecule has 0 N–H and O–H groups in total. The molecule has 0 aromatic heterocycles. The second-order valence-corrected chi connectivity index (χ2v) is 8.99. The highest BCUT2D eigenvalue weighted by Gasteiger charge is 2.37. The molecule has 0 bridgehead atoms. The summed E-state index contributed by atoms with van der Waals surface area (Å²) >= 11 is 0. The highest BCUT2D eigenvalue weighted by atomic mass is 19.4. The SMILES string of the molecule is CCC(F)C(CCCC1CCC(C)CC1)C(=O)OC1CCC(OC(F)(F)F)CC1. The van der Waals surface area contributed by atoms with Gasteiger partial charge in [0.05, 0.1) is 12.0 Å². The highest BCUT2D eigenvalue weighted by molar-refractivity contribution is 5.73. The molecule has 0 aromatic carbocycles. The Bertz CT molecular complexity index is 481. The quantitative estimate of drug-likeness (QED) is 0.304. The zero-order chi connectivity index (χ0) is 21.4. The number of hydrogen-bond acceptors (Lipinski definition) is 3. The molecule has 2 atom stereocenters. The summed E-state index contributed by atoms with van der Waals surface area (Å²) in [5, 5.41) is 0. The Labute approximate surface area is 171 Å². The van der Waals surface area contributed by atoms with Crippen LogP contribution in [0.4, 0.5) is 17.6 Å². The standard InChI is InChI=1S/C22H36F4O3/c1-3-20(23)19(6-4-5-16-9-7-15(2)8-10-16)21(27)28-17-11-13-18(14-12-17)29-22(24,25)26/h15-20H,3-14H2,1-2H3. The number of carbonyl (C=O) groups is 1. The number of esters is 1. The first-order valence-corrected chi connectivity index (χ1v) is 11.3. The van der Waals surface area contributed by atoms with Crippen molar-refractivity contribution >= 4 is 5.97 Å². The molecule has 0 saturated heterocycles. The van der Waals surface area contributed by atoms with Crippen molar-refractivity contribution in [1.82, 2.24) is 0 Å². The summed E-state index contributed by atoms with van der Waals surface area (Å²) in [7, 11) is 0. The maximum atomic E-state index is 14.4. The van der Waals surface area contributed by atoms with E-state index in [9.17, 15) is 22.4 Å². The lowest BCUT2D eigenvalue weighted by Gasteiger charge is -2.30. The Kier molecular flexibility index (Phi) is 9.70. The van der Waals surface area contributed by atoms with E-state index in [1.54, 1.807) is 6.92 Å². The number of ether oxygens (including phenoxy) is 2. The molecule has 0 amide bonds. The van der Waals surface area contributed by atoms with Gasteiger partial charge in [-0.05, 0) is 50.4 Å². The second kappa shape index (κ2) is 11.5. The second-order valence-electron chi connectivity index (χ2n) is 8.99. The maximum absolute atomic E-state index is 14.4. The Hall–Kier alpha value is -0.850. The summed E-state index contributed by atoms with van der Waals surface area (Å²) in [6.07, 6.45) is 1.31. The van der Waals surface area contributed by atoms with Gasteiger partial charge in [0.15, 0.2) is 0 Å². The molecule has 0 aliphatic heterocycles. The third-order valence-corrected chi connectivity index (χ3v) is 6.60. The van der Waals surface area contributed by atoms with Gasteiger partial charge in [0.2, 0.25) is 0 Å². The first kappa shape index (κ1) is 24.4. The van der Waals surface area contributed by atoms with Crippen molar-refractivity contribution in [3.05, 3.63) is 0 Å². The van der Waals surface area contributed by atoms with Gasteiger partial charge in [-0.3, -0.25) is 9.53 Å². The summed E-state index contributed by atoms with van der Waals surface area (Å²) in [6, 6.07) is 0. The number of alkyl halides is 4. The molecule has 7 heteroatoms. The number of carbonyl (C=O) groups excluding carboxylic acids is 1. The van der Waals surface area contributed by atoms with Gasteiger partial charge in [0.25, 0.3) is 0 Å². The smallest absolute Gasteiger partial charge is 0.462 e. The predicted octanol–water partition coefficient (Wildman–Crippen LogP) is 6.74. The molecular formula is C22H36F4O3. The van der Waals surface area contributed by atoms with E-state index in [-0.39, 0.29) is 19.3 Å². The number of halogens is 4. The first-order valence-electron chi connectivity index (χ1n) is 11.3. The van der Waals surface area contributed by atoms with Gasteiger partial charge in [0, 0.05) is 0 Å². The van der Waals surface area contributed by atoms with E-state index in [1.165, 1.54) is 25.7 Å². The van der Waals surface area contributed by atoms with Crippen molar-refractivity contribution < 1.29 is 31.8 Å². The van der Waals surface area contributed by atoms with Crippen molar-refractivity contribution in [2.24, 2.45) is 17.8 Å². The lowest BCUT2D eigenvalue weighted by molar-refractivity contribution is -0.346. The summed E-state index contributed by atoms with van der Waals surface area (Å²) in [6.45, 7) is 3.99. The summed E-state index contributed by atoms with van der Waals surface area (Å²) in [5.41, 5.74) is 0. The van der Waals surface area contributed by atoms with E-state index in [2.05, 4.69) is 11.7 Å². The molecule has 29 heavy (non-hydrogen) atoms. The van der Waals surface area contributed by atoms with Gasteiger partial charge in [-0.25, -0.2) is 4.39 Å². The van der Waals surface area contributed by atoms with E-state index in [4.69, 9.17) is 4.74 Å². The molecule has 170 valence electrons. The molecule has 0 aromatic rings. The van der Waals surface area contributed by atoms with Crippen LogP contribution in [0.25, 0.3) is 0 Å². The van der Waals surface area contributed by atoms with E-state index >= 15 is 0 Å². The minimum atomic E-state index is -4.64. The van der Waals surface area contributed by atoms with Gasteiger partial charge in [-0.15, -0.1) is 13.2 Å². The fourth-order valence-corrected chi connectivity index (χ4v) is 4.68. The topological polar surface area (TPSA) is 35.5 Å². The largest absolute Gasteiger partial charge is 0.522 e. The van der Waals surface area contributed by atoms with Crippen LogP contribution in [-0.2, 0) is 14.3 Å². The van der Waals surface area contributed by atoms with E-state index < -0.39 is 36.6 Å². The predicted molar refractivity (Wildman–Crippen MR) is 103 cm³/mol. The van der Waals surface area contributed by atoms with Crippen LogP contribution in [0.1, 0.15) is 90.9 Å². The fourth-order valence-electron chi connectivity index (χ4n) is 4.68. The Morgan fingerprint density at radius 2 is 1.59 bits per heavy atom. The third kappa shape index (κ3) is 8.81. The number of hydrogen-bond donors (Lipinski definition) is 0. The lowest BCUT2D eigenvalue weighted by atomic mass is 9.80. The molecular weight excluding hydrogens is 388 g/mol. The van der Waals surface area contributed by atoms with E-state index in [0.29, 0.717) is 25.2 Å². The van der Waals surface area contributed by atoms with Crippen LogP contribution in [0.3, 0.4) is 0 Å².